The van der Waals surface area contributed by atoms with Crippen molar-refractivity contribution in [3.8, 4) is 0 Å². The second-order valence-electron chi connectivity index (χ2n) is 5.82. The number of carboxylic acids is 1. The summed E-state index contributed by atoms with van der Waals surface area (Å²) in [6.45, 7) is 0. The number of aromatic nitrogens is 2. The summed E-state index contributed by atoms with van der Waals surface area (Å²) in [7, 11) is 1.75. The molecule has 0 spiro atoms. The zero-order valence-electron chi connectivity index (χ0n) is 11.5. The lowest BCUT2D eigenvalue weighted by molar-refractivity contribution is -0.141. The fourth-order valence-electron chi connectivity index (χ4n) is 3.65. The van der Waals surface area contributed by atoms with Crippen LogP contribution in [0.1, 0.15) is 42.5 Å². The Balaban J connectivity index is 1.90. The third-order valence-corrected chi connectivity index (χ3v) is 4.56. The first-order valence-electron chi connectivity index (χ1n) is 7.12. The van der Waals surface area contributed by atoms with Crippen LogP contribution in [0.15, 0.2) is 12.4 Å². The van der Waals surface area contributed by atoms with Crippen LogP contribution in [-0.4, -0.2) is 43.7 Å². The molecule has 3 rings (SSSR count). The molecule has 2 heterocycles. The zero-order chi connectivity index (χ0) is 14.3. The highest BCUT2D eigenvalue weighted by Gasteiger charge is 2.47. The van der Waals surface area contributed by atoms with Gasteiger partial charge in [-0.1, -0.05) is 12.8 Å². The topological polar surface area (TPSA) is 75.4 Å². The highest BCUT2D eigenvalue weighted by molar-refractivity contribution is 5.96. The molecule has 1 aliphatic heterocycles. The number of nitrogens with zero attached hydrogens (tertiary/aromatic N) is 3. The van der Waals surface area contributed by atoms with Crippen LogP contribution in [0.25, 0.3) is 0 Å². The van der Waals surface area contributed by atoms with E-state index in [4.69, 9.17) is 0 Å². The number of carbonyl (C=O) groups is 2. The SMILES string of the molecule is Cn1cc(C(=O)N2[C@@H]3CCCC[C@@H]3C[C@H]2C(=O)O)cn1. The van der Waals surface area contributed by atoms with E-state index in [1.165, 1.54) is 6.20 Å². The molecule has 108 valence electrons. The average Bonchev–Trinajstić information content (AvgIpc) is 3.01. The molecule has 3 atom stereocenters. The fourth-order valence-corrected chi connectivity index (χ4v) is 3.65. The molecule has 1 amide bonds. The number of rotatable bonds is 2. The molecule has 0 aromatic carbocycles. The first-order chi connectivity index (χ1) is 9.58. The Labute approximate surface area is 117 Å². The van der Waals surface area contributed by atoms with E-state index in [1.54, 1.807) is 22.8 Å². The molecule has 1 saturated carbocycles. The molecule has 0 radical (unpaired) electrons. The van der Waals surface area contributed by atoms with Crippen molar-refractivity contribution in [2.45, 2.75) is 44.2 Å². The van der Waals surface area contributed by atoms with Crippen molar-refractivity contribution in [3.63, 3.8) is 0 Å². The molecule has 6 nitrogen and oxygen atoms in total. The van der Waals surface area contributed by atoms with Crippen molar-refractivity contribution < 1.29 is 14.7 Å². The van der Waals surface area contributed by atoms with E-state index in [9.17, 15) is 14.7 Å². The van der Waals surface area contributed by atoms with E-state index in [-0.39, 0.29) is 11.9 Å². The lowest BCUT2D eigenvalue weighted by atomic mass is 9.84. The minimum absolute atomic E-state index is 0.0811. The van der Waals surface area contributed by atoms with Crippen LogP contribution >= 0.6 is 0 Å². The van der Waals surface area contributed by atoms with Gasteiger partial charge >= 0.3 is 5.97 Å². The molecule has 2 aliphatic rings. The predicted molar refractivity (Wildman–Crippen MR) is 71.2 cm³/mol. The van der Waals surface area contributed by atoms with Gasteiger partial charge in [0.15, 0.2) is 0 Å². The Hall–Kier alpha value is -1.85. The van der Waals surface area contributed by atoms with Crippen molar-refractivity contribution in [3.05, 3.63) is 18.0 Å². The summed E-state index contributed by atoms with van der Waals surface area (Å²) in [4.78, 5) is 25.7. The number of fused-ring (bicyclic) bond motifs is 1. The highest BCUT2D eigenvalue weighted by Crippen LogP contribution is 2.40. The fraction of sp³-hybridized carbons (Fsp3) is 0.643. The maximum atomic E-state index is 12.6. The van der Waals surface area contributed by atoms with Crippen molar-refractivity contribution in [1.29, 1.82) is 0 Å². The highest BCUT2D eigenvalue weighted by atomic mass is 16.4. The first-order valence-corrected chi connectivity index (χ1v) is 7.12. The third-order valence-electron chi connectivity index (χ3n) is 4.56. The van der Waals surface area contributed by atoms with Gasteiger partial charge in [0, 0.05) is 19.3 Å². The number of aliphatic carboxylic acids is 1. The molecular formula is C14H19N3O3. The second kappa shape index (κ2) is 4.92. The Morgan fingerprint density at radius 3 is 2.75 bits per heavy atom. The molecule has 0 bridgehead atoms. The van der Waals surface area contributed by atoms with E-state index in [0.717, 1.165) is 25.7 Å². The zero-order valence-corrected chi connectivity index (χ0v) is 11.5. The van der Waals surface area contributed by atoms with E-state index in [2.05, 4.69) is 5.10 Å². The van der Waals surface area contributed by atoms with Crippen LogP contribution in [0.4, 0.5) is 0 Å². The van der Waals surface area contributed by atoms with Gasteiger partial charge in [-0.25, -0.2) is 4.79 Å². The molecular weight excluding hydrogens is 258 g/mol. The monoisotopic (exact) mass is 277 g/mol. The largest absolute Gasteiger partial charge is 0.480 e. The van der Waals surface area contributed by atoms with Crippen LogP contribution in [0, 0.1) is 5.92 Å². The number of hydrogen-bond donors (Lipinski definition) is 1. The van der Waals surface area contributed by atoms with Gasteiger partial charge < -0.3 is 10.0 Å². The molecule has 1 aromatic rings. The number of amides is 1. The van der Waals surface area contributed by atoms with Crippen molar-refractivity contribution in [1.82, 2.24) is 14.7 Å². The summed E-state index contributed by atoms with van der Waals surface area (Å²) in [5.41, 5.74) is 0.477. The standard InChI is InChI=1S/C14H19N3O3/c1-16-8-10(7-15-16)13(18)17-11-5-3-2-4-9(11)6-12(17)14(19)20/h7-9,11-12H,2-6H2,1H3,(H,19,20)/t9-,11-,12+/m1/s1. The van der Waals surface area contributed by atoms with Gasteiger partial charge in [-0.15, -0.1) is 0 Å². The number of hydrogen-bond acceptors (Lipinski definition) is 3. The van der Waals surface area contributed by atoms with E-state index >= 15 is 0 Å². The minimum atomic E-state index is -0.892. The van der Waals surface area contributed by atoms with Gasteiger partial charge in [0.1, 0.15) is 6.04 Å². The third kappa shape index (κ3) is 2.09. The van der Waals surface area contributed by atoms with Crippen LogP contribution < -0.4 is 0 Å². The van der Waals surface area contributed by atoms with Crippen LogP contribution in [0.5, 0.6) is 0 Å². The molecule has 1 N–H and O–H groups in total. The smallest absolute Gasteiger partial charge is 0.326 e. The maximum absolute atomic E-state index is 12.6. The molecule has 20 heavy (non-hydrogen) atoms. The van der Waals surface area contributed by atoms with Crippen LogP contribution in [-0.2, 0) is 11.8 Å². The van der Waals surface area contributed by atoms with E-state index in [0.29, 0.717) is 17.9 Å². The number of aryl methyl sites for hydroxylation is 1. The molecule has 6 heteroatoms. The Morgan fingerprint density at radius 2 is 2.10 bits per heavy atom. The number of carboxylic acid groups (broad SMARTS) is 1. The molecule has 1 aromatic heterocycles. The lowest BCUT2D eigenvalue weighted by Gasteiger charge is -2.32. The Morgan fingerprint density at radius 1 is 1.35 bits per heavy atom. The van der Waals surface area contributed by atoms with Crippen molar-refractivity contribution in [2.75, 3.05) is 0 Å². The summed E-state index contributed by atoms with van der Waals surface area (Å²) in [6.07, 6.45) is 7.92. The summed E-state index contributed by atoms with van der Waals surface area (Å²) >= 11 is 0. The van der Waals surface area contributed by atoms with Gasteiger partial charge in [0.05, 0.1) is 11.8 Å². The summed E-state index contributed by atoms with van der Waals surface area (Å²) < 4.78 is 1.57. The Bertz CT molecular complexity index is 540. The van der Waals surface area contributed by atoms with Crippen LogP contribution in [0.3, 0.4) is 0 Å². The van der Waals surface area contributed by atoms with Crippen molar-refractivity contribution in [2.24, 2.45) is 13.0 Å². The van der Waals surface area contributed by atoms with Gasteiger partial charge in [0.25, 0.3) is 5.91 Å². The maximum Gasteiger partial charge on any atom is 0.326 e. The molecule has 2 fully saturated rings. The molecule has 0 unspecified atom stereocenters. The summed E-state index contributed by atoms with van der Waals surface area (Å²) in [5.74, 6) is -0.748. The summed E-state index contributed by atoms with van der Waals surface area (Å²) in [5, 5.41) is 13.4. The number of likely N-dealkylation sites (tertiary alicyclic amines) is 1. The van der Waals surface area contributed by atoms with Crippen LogP contribution in [0.2, 0.25) is 0 Å². The number of carbonyl (C=O) groups excluding carboxylic acids is 1. The lowest BCUT2D eigenvalue weighted by Crippen LogP contribution is -2.46. The normalized spacial score (nSPS) is 29.2. The summed E-state index contributed by atoms with van der Waals surface area (Å²) in [6, 6.07) is -0.603. The molecule has 1 aliphatic carbocycles. The van der Waals surface area contributed by atoms with Gasteiger partial charge in [-0.3, -0.25) is 9.48 Å². The van der Waals surface area contributed by atoms with E-state index in [1.807, 2.05) is 0 Å². The van der Waals surface area contributed by atoms with E-state index < -0.39 is 12.0 Å². The second-order valence-corrected chi connectivity index (χ2v) is 5.82. The predicted octanol–water partition coefficient (Wildman–Crippen LogP) is 1.28. The quantitative estimate of drug-likeness (QED) is 0.883. The average molecular weight is 277 g/mol. The van der Waals surface area contributed by atoms with Gasteiger partial charge in [0.2, 0.25) is 0 Å². The van der Waals surface area contributed by atoms with Gasteiger partial charge in [-0.05, 0) is 25.2 Å². The minimum Gasteiger partial charge on any atom is -0.480 e. The first kappa shape index (κ1) is 13.1. The Kier molecular flexibility index (Phi) is 3.23. The van der Waals surface area contributed by atoms with Crippen molar-refractivity contribution >= 4 is 11.9 Å². The van der Waals surface area contributed by atoms with Gasteiger partial charge in [-0.2, -0.15) is 5.10 Å². The molecule has 1 saturated heterocycles.